The van der Waals surface area contributed by atoms with Gasteiger partial charge in [-0.05, 0) is 41.8 Å². The smallest absolute Gasteiger partial charge is 0.263 e. The average Bonchev–Trinajstić information content (AvgIpc) is 3.11. The standard InChI is InChI=1S/C25H23N3O3/c1-17-6-8-19(9-7-17)15-26-27-24(30)23(14-18-10-12-21(29)13-11-18)28-16-20-4-2-3-5-22(20)25(28)31/h2-13,15,23,29H,14,16H2,1H3,(H,27,30). The van der Waals surface area contributed by atoms with E-state index in [2.05, 4.69) is 10.5 Å². The van der Waals surface area contributed by atoms with E-state index in [0.717, 1.165) is 22.3 Å². The lowest BCUT2D eigenvalue weighted by molar-refractivity contribution is -0.125. The summed E-state index contributed by atoms with van der Waals surface area (Å²) in [6, 6.07) is 21.1. The Bertz CT molecular complexity index is 1120. The Morgan fingerprint density at radius 2 is 1.81 bits per heavy atom. The van der Waals surface area contributed by atoms with Crippen LogP contribution >= 0.6 is 0 Å². The van der Waals surface area contributed by atoms with Crippen LogP contribution in [0.3, 0.4) is 0 Å². The van der Waals surface area contributed by atoms with Crippen molar-refractivity contribution in [1.29, 1.82) is 0 Å². The van der Waals surface area contributed by atoms with Crippen molar-refractivity contribution < 1.29 is 14.7 Å². The molecule has 3 aromatic carbocycles. The maximum atomic E-state index is 13.1. The van der Waals surface area contributed by atoms with Crippen LogP contribution < -0.4 is 5.43 Å². The zero-order chi connectivity index (χ0) is 21.8. The molecule has 1 atom stereocenters. The molecule has 2 amide bonds. The van der Waals surface area contributed by atoms with Crippen molar-refractivity contribution in [3.63, 3.8) is 0 Å². The molecule has 1 aliphatic rings. The van der Waals surface area contributed by atoms with Crippen LogP contribution in [-0.4, -0.2) is 34.1 Å². The predicted molar refractivity (Wildman–Crippen MR) is 119 cm³/mol. The first-order valence-corrected chi connectivity index (χ1v) is 10.1. The molecule has 0 aliphatic carbocycles. The van der Waals surface area contributed by atoms with Gasteiger partial charge in [-0.1, -0.05) is 60.2 Å². The van der Waals surface area contributed by atoms with Gasteiger partial charge in [-0.3, -0.25) is 9.59 Å². The van der Waals surface area contributed by atoms with Crippen LogP contribution in [0.25, 0.3) is 0 Å². The van der Waals surface area contributed by atoms with Gasteiger partial charge in [0.15, 0.2) is 0 Å². The van der Waals surface area contributed by atoms with Crippen LogP contribution in [0.15, 0.2) is 77.9 Å². The fraction of sp³-hybridized carbons (Fsp3) is 0.160. The van der Waals surface area contributed by atoms with Crippen molar-refractivity contribution in [3.8, 4) is 5.75 Å². The third kappa shape index (κ3) is 4.64. The summed E-state index contributed by atoms with van der Waals surface area (Å²) in [5.74, 6) is -0.383. The quantitative estimate of drug-likeness (QED) is 0.480. The molecular formula is C25H23N3O3. The minimum absolute atomic E-state index is 0.150. The van der Waals surface area contributed by atoms with Gasteiger partial charge >= 0.3 is 0 Å². The topological polar surface area (TPSA) is 82.0 Å². The normalized spacial score (nSPS) is 14.0. The SMILES string of the molecule is Cc1ccc(C=NNC(=O)C(Cc2ccc(O)cc2)N2Cc3ccccc3C2=O)cc1. The molecule has 0 saturated carbocycles. The highest BCUT2D eigenvalue weighted by Crippen LogP contribution is 2.26. The molecular weight excluding hydrogens is 390 g/mol. The highest BCUT2D eigenvalue weighted by Gasteiger charge is 2.36. The number of aromatic hydroxyl groups is 1. The predicted octanol–water partition coefficient (Wildman–Crippen LogP) is 3.42. The lowest BCUT2D eigenvalue weighted by Crippen LogP contribution is -2.47. The van der Waals surface area contributed by atoms with Gasteiger partial charge in [-0.15, -0.1) is 0 Å². The van der Waals surface area contributed by atoms with Gasteiger partial charge in [0.1, 0.15) is 11.8 Å². The van der Waals surface area contributed by atoms with E-state index in [1.807, 2.05) is 49.4 Å². The van der Waals surface area contributed by atoms with Crippen LogP contribution in [0.4, 0.5) is 0 Å². The lowest BCUT2D eigenvalue weighted by Gasteiger charge is -2.26. The molecule has 1 heterocycles. The van der Waals surface area contributed by atoms with Crippen molar-refractivity contribution in [2.24, 2.45) is 5.10 Å². The number of phenols is 1. The summed E-state index contributed by atoms with van der Waals surface area (Å²) >= 11 is 0. The number of rotatable bonds is 6. The third-order valence-corrected chi connectivity index (χ3v) is 5.36. The summed E-state index contributed by atoms with van der Waals surface area (Å²) < 4.78 is 0. The molecule has 0 saturated heterocycles. The van der Waals surface area contributed by atoms with E-state index in [0.29, 0.717) is 18.5 Å². The Morgan fingerprint density at radius 1 is 1.10 bits per heavy atom. The zero-order valence-corrected chi connectivity index (χ0v) is 17.2. The Kier molecular flexibility index (Phi) is 5.80. The fourth-order valence-corrected chi connectivity index (χ4v) is 3.63. The number of hydrogen-bond donors (Lipinski definition) is 2. The number of fused-ring (bicyclic) bond motifs is 1. The van der Waals surface area contributed by atoms with E-state index >= 15 is 0 Å². The number of phenolic OH excluding ortho intramolecular Hbond substituents is 1. The summed E-state index contributed by atoms with van der Waals surface area (Å²) in [5.41, 5.74) is 6.96. The molecule has 0 spiro atoms. The number of aryl methyl sites for hydroxylation is 1. The Morgan fingerprint density at radius 3 is 2.52 bits per heavy atom. The molecule has 0 radical (unpaired) electrons. The maximum absolute atomic E-state index is 13.1. The average molecular weight is 413 g/mol. The molecule has 4 rings (SSSR count). The molecule has 156 valence electrons. The molecule has 0 fully saturated rings. The second-order valence-electron chi connectivity index (χ2n) is 7.62. The number of nitrogens with zero attached hydrogens (tertiary/aromatic N) is 2. The van der Waals surface area contributed by atoms with Gasteiger partial charge in [-0.2, -0.15) is 5.10 Å². The van der Waals surface area contributed by atoms with Gasteiger partial charge in [0.05, 0.1) is 6.21 Å². The van der Waals surface area contributed by atoms with E-state index in [9.17, 15) is 14.7 Å². The molecule has 0 bridgehead atoms. The minimum Gasteiger partial charge on any atom is -0.508 e. The summed E-state index contributed by atoms with van der Waals surface area (Å²) in [5, 5.41) is 13.6. The molecule has 1 aliphatic heterocycles. The number of amides is 2. The number of nitrogens with one attached hydrogen (secondary N) is 1. The van der Waals surface area contributed by atoms with E-state index in [4.69, 9.17) is 0 Å². The summed E-state index contributed by atoms with van der Waals surface area (Å²) in [6.07, 6.45) is 1.89. The van der Waals surface area contributed by atoms with E-state index in [1.165, 1.54) is 0 Å². The number of hydrogen-bond acceptors (Lipinski definition) is 4. The molecule has 6 heteroatoms. The molecule has 6 nitrogen and oxygen atoms in total. The number of carbonyl (C=O) groups excluding carboxylic acids is 2. The Balaban J connectivity index is 1.54. The van der Waals surface area contributed by atoms with Gasteiger partial charge in [0, 0.05) is 18.5 Å². The van der Waals surface area contributed by atoms with Crippen LogP contribution in [0.5, 0.6) is 5.75 Å². The number of hydrazone groups is 1. The van der Waals surface area contributed by atoms with Gasteiger partial charge in [0.2, 0.25) is 0 Å². The van der Waals surface area contributed by atoms with Gasteiger partial charge in [-0.25, -0.2) is 5.43 Å². The lowest BCUT2D eigenvalue weighted by atomic mass is 10.0. The number of carbonyl (C=O) groups is 2. The first kappa shape index (κ1) is 20.3. The van der Waals surface area contributed by atoms with E-state index in [-0.39, 0.29) is 17.6 Å². The first-order valence-electron chi connectivity index (χ1n) is 10.1. The Labute approximate surface area is 180 Å². The molecule has 1 unspecified atom stereocenters. The summed E-state index contributed by atoms with van der Waals surface area (Å²) in [6.45, 7) is 2.37. The van der Waals surface area contributed by atoms with Crippen LogP contribution in [0.1, 0.15) is 32.6 Å². The van der Waals surface area contributed by atoms with Crippen molar-refractivity contribution in [2.45, 2.75) is 25.9 Å². The summed E-state index contributed by atoms with van der Waals surface area (Å²) in [4.78, 5) is 27.6. The van der Waals surface area contributed by atoms with E-state index < -0.39 is 6.04 Å². The Hall–Kier alpha value is -3.93. The molecule has 3 aromatic rings. The molecule has 31 heavy (non-hydrogen) atoms. The molecule has 2 N–H and O–H groups in total. The van der Waals surface area contributed by atoms with Crippen molar-refractivity contribution in [1.82, 2.24) is 10.3 Å². The number of benzene rings is 3. The van der Waals surface area contributed by atoms with Crippen LogP contribution in [-0.2, 0) is 17.8 Å². The maximum Gasteiger partial charge on any atom is 0.263 e. The van der Waals surface area contributed by atoms with Gasteiger partial charge < -0.3 is 10.0 Å². The van der Waals surface area contributed by atoms with E-state index in [1.54, 1.807) is 41.4 Å². The highest BCUT2D eigenvalue weighted by atomic mass is 16.3. The second-order valence-corrected chi connectivity index (χ2v) is 7.62. The monoisotopic (exact) mass is 413 g/mol. The third-order valence-electron chi connectivity index (χ3n) is 5.36. The van der Waals surface area contributed by atoms with Crippen molar-refractivity contribution in [3.05, 3.63) is 101 Å². The largest absolute Gasteiger partial charge is 0.508 e. The summed E-state index contributed by atoms with van der Waals surface area (Å²) in [7, 11) is 0. The minimum atomic E-state index is -0.736. The van der Waals surface area contributed by atoms with Gasteiger partial charge in [0.25, 0.3) is 11.8 Å². The second kappa shape index (κ2) is 8.83. The van der Waals surface area contributed by atoms with Crippen molar-refractivity contribution in [2.75, 3.05) is 0 Å². The fourth-order valence-electron chi connectivity index (χ4n) is 3.63. The highest BCUT2D eigenvalue weighted by molar-refractivity contribution is 6.01. The van der Waals surface area contributed by atoms with Crippen molar-refractivity contribution >= 4 is 18.0 Å². The van der Waals surface area contributed by atoms with Crippen LogP contribution in [0, 0.1) is 6.92 Å². The van der Waals surface area contributed by atoms with Crippen LogP contribution in [0.2, 0.25) is 0 Å². The molecule has 0 aromatic heterocycles. The first-order chi connectivity index (χ1) is 15.0. The zero-order valence-electron chi connectivity index (χ0n) is 17.2.